The highest BCUT2D eigenvalue weighted by atomic mass is 32.2. The molecule has 0 aromatic heterocycles. The van der Waals surface area contributed by atoms with Gasteiger partial charge in [-0.2, -0.15) is 13.2 Å². The molecule has 0 unspecified atom stereocenters. The van der Waals surface area contributed by atoms with Gasteiger partial charge in [0.15, 0.2) is 0 Å². The summed E-state index contributed by atoms with van der Waals surface area (Å²) < 4.78 is 69.2. The average molecular weight is 544 g/mol. The highest BCUT2D eigenvalue weighted by molar-refractivity contribution is 7.89. The van der Waals surface area contributed by atoms with Crippen molar-refractivity contribution in [2.75, 3.05) is 0 Å². The van der Waals surface area contributed by atoms with E-state index in [-0.39, 0.29) is 12.0 Å². The summed E-state index contributed by atoms with van der Waals surface area (Å²) in [5, 5.41) is 4.11. The van der Waals surface area contributed by atoms with Crippen LogP contribution in [-0.2, 0) is 43.1 Å². The van der Waals surface area contributed by atoms with Crippen LogP contribution >= 0.6 is 0 Å². The molecule has 1 atom stereocenters. The molecule has 0 aliphatic carbocycles. The molecule has 3 amide bonds. The van der Waals surface area contributed by atoms with Crippen LogP contribution in [-0.4, -0.2) is 44.1 Å². The summed E-state index contributed by atoms with van der Waals surface area (Å²) in [6.07, 6.45) is -5.91. The van der Waals surface area contributed by atoms with Crippen LogP contribution in [0.5, 0.6) is 0 Å². The Bertz CT molecular complexity index is 1190. The molecule has 37 heavy (non-hydrogen) atoms. The molecule has 2 rings (SSSR count). The number of rotatable bonds is 9. The molecule has 2 aromatic carbocycles. The number of carbonyl (C=O) groups is 3. The first-order valence-electron chi connectivity index (χ1n) is 11.0. The van der Waals surface area contributed by atoms with Crippen molar-refractivity contribution >= 4 is 27.9 Å². The number of nitrogens with one attached hydrogen (secondary N) is 3. The maximum absolute atomic E-state index is 12.8. The van der Waals surface area contributed by atoms with Crippen LogP contribution < -0.4 is 15.4 Å². The molecule has 202 valence electrons. The number of carbonyl (C=O) groups excluding carboxylic acids is 3. The third kappa shape index (κ3) is 10.9. The number of sulfonamides is 1. The number of alkyl halides is 3. The van der Waals surface area contributed by atoms with Crippen LogP contribution in [0, 0.1) is 0 Å². The van der Waals surface area contributed by atoms with E-state index in [0.717, 1.165) is 0 Å². The number of halogens is 3. The molecule has 0 radical (unpaired) electrons. The Labute approximate surface area is 212 Å². The minimum absolute atomic E-state index is 0.000219. The van der Waals surface area contributed by atoms with Crippen molar-refractivity contribution in [3.8, 4) is 0 Å². The second-order valence-corrected chi connectivity index (χ2v) is 10.8. The van der Waals surface area contributed by atoms with Crippen LogP contribution in [0.2, 0.25) is 0 Å². The van der Waals surface area contributed by atoms with Gasteiger partial charge in [-0.1, -0.05) is 54.6 Å². The summed E-state index contributed by atoms with van der Waals surface area (Å²) in [6.45, 7) is 4.51. The minimum atomic E-state index is -5.01. The normalized spacial score (nSPS) is 12.8. The van der Waals surface area contributed by atoms with E-state index in [1.807, 2.05) is 4.72 Å². The zero-order valence-corrected chi connectivity index (χ0v) is 21.2. The number of benzene rings is 2. The van der Waals surface area contributed by atoms with Crippen molar-refractivity contribution in [2.45, 2.75) is 57.3 Å². The van der Waals surface area contributed by atoms with Gasteiger partial charge in [0, 0.05) is 13.0 Å². The summed E-state index contributed by atoms with van der Waals surface area (Å²) in [6, 6.07) is 12.8. The number of amides is 3. The first-order valence-corrected chi connectivity index (χ1v) is 12.7. The van der Waals surface area contributed by atoms with E-state index in [1.165, 1.54) is 24.3 Å². The number of hydrogen-bond acceptors (Lipinski definition) is 6. The maximum Gasteiger partial charge on any atom is 0.471 e. The van der Waals surface area contributed by atoms with Gasteiger partial charge in [0.05, 0.1) is 5.75 Å². The van der Waals surface area contributed by atoms with E-state index in [1.54, 1.807) is 56.4 Å². The highest BCUT2D eigenvalue weighted by Gasteiger charge is 2.38. The molecule has 13 heteroatoms. The lowest BCUT2D eigenvalue weighted by molar-refractivity contribution is -0.173. The highest BCUT2D eigenvalue weighted by Crippen LogP contribution is 2.15. The summed E-state index contributed by atoms with van der Waals surface area (Å²) in [4.78, 5) is 36.0. The van der Waals surface area contributed by atoms with E-state index < -0.39 is 58.0 Å². The molecule has 2 aromatic rings. The van der Waals surface area contributed by atoms with Crippen LogP contribution in [0.1, 0.15) is 37.5 Å². The van der Waals surface area contributed by atoms with E-state index in [0.29, 0.717) is 11.1 Å². The number of alkyl carbamates (subject to hydrolysis) is 1. The van der Waals surface area contributed by atoms with Crippen molar-refractivity contribution < 1.29 is 40.7 Å². The average Bonchev–Trinajstić information content (AvgIpc) is 2.76. The van der Waals surface area contributed by atoms with Gasteiger partial charge in [-0.3, -0.25) is 14.3 Å². The first-order chi connectivity index (χ1) is 17.0. The van der Waals surface area contributed by atoms with Gasteiger partial charge in [-0.15, -0.1) is 0 Å². The Morgan fingerprint density at radius 3 is 2.00 bits per heavy atom. The monoisotopic (exact) mass is 543 g/mol. The first kappa shape index (κ1) is 29.6. The molecule has 3 N–H and O–H groups in total. The molecule has 0 heterocycles. The molecule has 0 spiro atoms. The predicted molar refractivity (Wildman–Crippen MR) is 128 cm³/mol. The third-order valence-electron chi connectivity index (χ3n) is 4.64. The smallest absolute Gasteiger partial charge is 0.444 e. The lowest BCUT2D eigenvalue weighted by atomic mass is 10.1. The minimum Gasteiger partial charge on any atom is -0.444 e. The zero-order chi connectivity index (χ0) is 27.9. The van der Waals surface area contributed by atoms with Crippen molar-refractivity contribution in [1.82, 2.24) is 15.4 Å². The van der Waals surface area contributed by atoms with Crippen molar-refractivity contribution in [3.63, 3.8) is 0 Å². The lowest BCUT2D eigenvalue weighted by Gasteiger charge is -2.23. The standard InChI is InChI=1S/C24H28F3N3O6S/c1-23(2,3)36-22(33)29-19(13-16-7-5-4-6-8-16)20(31)30-37(34,35)15-18-11-9-17(10-12-18)14-28-21(32)24(25,26)27/h4-12,19H,13-15H2,1-3H3,(H,28,32)(H,29,33)(H,30,31)/t19-/m0/s1. The molecule has 0 fully saturated rings. The summed E-state index contributed by atoms with van der Waals surface area (Å²) >= 11 is 0. The lowest BCUT2D eigenvalue weighted by Crippen LogP contribution is -2.50. The van der Waals surface area contributed by atoms with Crippen LogP contribution in [0.3, 0.4) is 0 Å². The van der Waals surface area contributed by atoms with Gasteiger partial charge in [0.2, 0.25) is 10.0 Å². The van der Waals surface area contributed by atoms with Crippen molar-refractivity contribution in [2.24, 2.45) is 0 Å². The third-order valence-corrected chi connectivity index (χ3v) is 5.86. The van der Waals surface area contributed by atoms with Gasteiger partial charge in [-0.05, 0) is 37.5 Å². The molecule has 9 nitrogen and oxygen atoms in total. The molecule has 0 bridgehead atoms. The molecule has 0 saturated heterocycles. The fraction of sp³-hybridized carbons (Fsp3) is 0.375. The number of hydrogen-bond donors (Lipinski definition) is 3. The molecular formula is C24H28F3N3O6S. The Balaban J connectivity index is 2.06. The van der Waals surface area contributed by atoms with Crippen LogP contribution in [0.25, 0.3) is 0 Å². The van der Waals surface area contributed by atoms with Crippen LogP contribution in [0.15, 0.2) is 54.6 Å². The SMILES string of the molecule is CC(C)(C)OC(=O)N[C@@H](Cc1ccccc1)C(=O)NS(=O)(=O)Cc1ccc(CNC(=O)C(F)(F)F)cc1. The number of ether oxygens (including phenoxy) is 1. The Morgan fingerprint density at radius 2 is 1.46 bits per heavy atom. The maximum atomic E-state index is 12.8. The summed E-state index contributed by atoms with van der Waals surface area (Å²) in [5.74, 6) is -3.67. The van der Waals surface area contributed by atoms with Gasteiger partial charge >= 0.3 is 18.2 Å². The van der Waals surface area contributed by atoms with E-state index >= 15 is 0 Å². The molecular weight excluding hydrogens is 515 g/mol. The zero-order valence-electron chi connectivity index (χ0n) is 20.4. The van der Waals surface area contributed by atoms with Gasteiger partial charge in [0.1, 0.15) is 11.6 Å². The van der Waals surface area contributed by atoms with Gasteiger partial charge in [-0.25, -0.2) is 13.2 Å². The quantitative estimate of drug-likeness (QED) is 0.446. The fourth-order valence-corrected chi connectivity index (χ4v) is 4.18. The van der Waals surface area contributed by atoms with E-state index in [2.05, 4.69) is 5.32 Å². The van der Waals surface area contributed by atoms with E-state index in [9.17, 15) is 36.0 Å². The van der Waals surface area contributed by atoms with Gasteiger partial charge in [0.25, 0.3) is 5.91 Å². The van der Waals surface area contributed by atoms with Gasteiger partial charge < -0.3 is 15.4 Å². The second-order valence-electron chi connectivity index (χ2n) is 9.11. The Morgan fingerprint density at radius 1 is 0.892 bits per heavy atom. The van der Waals surface area contributed by atoms with Crippen LogP contribution in [0.4, 0.5) is 18.0 Å². The topological polar surface area (TPSA) is 131 Å². The summed E-state index contributed by atoms with van der Waals surface area (Å²) in [5.41, 5.74) is 0.383. The predicted octanol–water partition coefficient (Wildman–Crippen LogP) is 2.95. The molecule has 0 aliphatic heterocycles. The molecule has 0 aliphatic rings. The molecule has 0 saturated carbocycles. The van der Waals surface area contributed by atoms with Crippen molar-refractivity contribution in [1.29, 1.82) is 0 Å². The van der Waals surface area contributed by atoms with Crippen molar-refractivity contribution in [3.05, 3.63) is 71.3 Å². The fourth-order valence-electron chi connectivity index (χ4n) is 3.02. The largest absolute Gasteiger partial charge is 0.471 e. The Hall–Kier alpha value is -3.61. The Kier molecular flexibility index (Phi) is 9.67. The van der Waals surface area contributed by atoms with E-state index in [4.69, 9.17) is 4.74 Å². The second kappa shape index (κ2) is 12.1. The summed E-state index contributed by atoms with van der Waals surface area (Å²) in [7, 11) is -4.21.